The molecule has 0 unspecified atom stereocenters. The molecule has 74 valence electrons. The Kier molecular flexibility index (Phi) is 2.41. The number of aromatic nitrogens is 2. The molecule has 0 spiro atoms. The van der Waals surface area contributed by atoms with Gasteiger partial charge in [0, 0.05) is 18.0 Å². The molecule has 0 fully saturated rings. The van der Waals surface area contributed by atoms with Crippen LogP contribution in [0, 0.1) is 0 Å². The molecule has 0 bridgehead atoms. The minimum atomic E-state index is -0.0226. The summed E-state index contributed by atoms with van der Waals surface area (Å²) < 4.78 is 0. The lowest BCUT2D eigenvalue weighted by Gasteiger charge is -2.02. The van der Waals surface area contributed by atoms with Crippen LogP contribution in [0.4, 0.5) is 0 Å². The molecule has 1 heterocycles. The highest BCUT2D eigenvalue weighted by atomic mass is 16.3. The van der Waals surface area contributed by atoms with E-state index in [1.54, 1.807) is 24.5 Å². The zero-order valence-corrected chi connectivity index (χ0v) is 7.79. The fraction of sp³-hybridized carbons (Fsp3) is 0. The van der Waals surface area contributed by atoms with Gasteiger partial charge in [0.1, 0.15) is 12.1 Å². The number of aromatic hydroxyl groups is 1. The zero-order valence-electron chi connectivity index (χ0n) is 7.79. The van der Waals surface area contributed by atoms with Crippen molar-refractivity contribution in [2.45, 2.75) is 0 Å². The number of nitrogens with zero attached hydrogens (tertiary/aromatic N) is 2. The maximum Gasteiger partial charge on any atom is 0.153 e. The van der Waals surface area contributed by atoms with Gasteiger partial charge < -0.3 is 5.11 Å². The van der Waals surface area contributed by atoms with E-state index in [-0.39, 0.29) is 11.3 Å². The van der Waals surface area contributed by atoms with E-state index >= 15 is 0 Å². The molecule has 2 aromatic rings. The number of phenols is 1. The van der Waals surface area contributed by atoms with Crippen molar-refractivity contribution < 1.29 is 9.90 Å². The molecule has 0 aliphatic heterocycles. The van der Waals surface area contributed by atoms with Crippen LogP contribution in [0.15, 0.2) is 36.9 Å². The van der Waals surface area contributed by atoms with E-state index in [0.717, 1.165) is 11.1 Å². The lowest BCUT2D eigenvalue weighted by molar-refractivity contribution is 0.112. The predicted molar refractivity (Wildman–Crippen MR) is 54.5 cm³/mol. The van der Waals surface area contributed by atoms with Gasteiger partial charge in [-0.15, -0.1) is 0 Å². The second-order valence-corrected chi connectivity index (χ2v) is 3.02. The highest BCUT2D eigenvalue weighted by Gasteiger charge is 2.03. The van der Waals surface area contributed by atoms with Crippen LogP contribution in [-0.2, 0) is 0 Å². The third-order valence-corrected chi connectivity index (χ3v) is 2.05. The van der Waals surface area contributed by atoms with E-state index < -0.39 is 0 Å². The molecule has 4 heteroatoms. The predicted octanol–water partition coefficient (Wildman–Crippen LogP) is 1.66. The molecule has 15 heavy (non-hydrogen) atoms. The highest BCUT2D eigenvalue weighted by Crippen LogP contribution is 2.23. The largest absolute Gasteiger partial charge is 0.507 e. The van der Waals surface area contributed by atoms with Crippen molar-refractivity contribution >= 4 is 6.29 Å². The molecule has 0 amide bonds. The van der Waals surface area contributed by atoms with Gasteiger partial charge in [-0.05, 0) is 17.7 Å². The molecular weight excluding hydrogens is 192 g/mol. The van der Waals surface area contributed by atoms with Gasteiger partial charge in [0.05, 0.1) is 5.56 Å². The summed E-state index contributed by atoms with van der Waals surface area (Å²) in [6.07, 6.45) is 5.34. The van der Waals surface area contributed by atoms with Crippen LogP contribution < -0.4 is 0 Å². The van der Waals surface area contributed by atoms with Crippen LogP contribution in [0.5, 0.6) is 5.75 Å². The van der Waals surface area contributed by atoms with Gasteiger partial charge in [0.2, 0.25) is 0 Å². The van der Waals surface area contributed by atoms with Crippen molar-refractivity contribution in [2.75, 3.05) is 0 Å². The van der Waals surface area contributed by atoms with E-state index in [1.165, 1.54) is 12.4 Å². The van der Waals surface area contributed by atoms with Gasteiger partial charge in [-0.1, -0.05) is 6.07 Å². The molecule has 0 saturated heterocycles. The molecule has 2 rings (SSSR count). The summed E-state index contributed by atoms with van der Waals surface area (Å²) in [7, 11) is 0. The number of hydrogen-bond acceptors (Lipinski definition) is 4. The second-order valence-electron chi connectivity index (χ2n) is 3.02. The summed E-state index contributed by atoms with van der Waals surface area (Å²) in [5.74, 6) is -0.0226. The third-order valence-electron chi connectivity index (χ3n) is 2.05. The van der Waals surface area contributed by atoms with Gasteiger partial charge >= 0.3 is 0 Å². The number of benzene rings is 1. The molecule has 0 aliphatic rings. The van der Waals surface area contributed by atoms with Crippen LogP contribution in [0.2, 0.25) is 0 Å². The number of rotatable bonds is 2. The lowest BCUT2D eigenvalue weighted by Crippen LogP contribution is -1.85. The molecule has 0 saturated carbocycles. The van der Waals surface area contributed by atoms with Crippen molar-refractivity contribution in [3.63, 3.8) is 0 Å². The first-order valence-corrected chi connectivity index (χ1v) is 4.35. The SMILES string of the molecule is O=Cc1cc(-c2cncnc2)ccc1O. The lowest BCUT2D eigenvalue weighted by atomic mass is 10.1. The van der Waals surface area contributed by atoms with Crippen LogP contribution in [-0.4, -0.2) is 21.4 Å². The first-order valence-electron chi connectivity index (χ1n) is 4.35. The maximum atomic E-state index is 10.6. The second kappa shape index (κ2) is 3.88. The molecule has 0 atom stereocenters. The van der Waals surface area contributed by atoms with Gasteiger partial charge in [-0.3, -0.25) is 4.79 Å². The Morgan fingerprint density at radius 1 is 1.13 bits per heavy atom. The van der Waals surface area contributed by atoms with Gasteiger partial charge in [0.15, 0.2) is 6.29 Å². The zero-order chi connectivity index (χ0) is 10.7. The van der Waals surface area contributed by atoms with Crippen LogP contribution in [0.3, 0.4) is 0 Å². The summed E-state index contributed by atoms with van der Waals surface area (Å²) in [5.41, 5.74) is 1.87. The van der Waals surface area contributed by atoms with E-state index in [1.807, 2.05) is 0 Å². The van der Waals surface area contributed by atoms with E-state index in [2.05, 4.69) is 9.97 Å². The Morgan fingerprint density at radius 3 is 2.53 bits per heavy atom. The Labute approximate surface area is 86.2 Å². The van der Waals surface area contributed by atoms with Crippen molar-refractivity contribution in [1.29, 1.82) is 0 Å². The molecule has 0 aliphatic carbocycles. The number of phenolic OH excluding ortho intramolecular Hbond substituents is 1. The molecule has 1 aromatic carbocycles. The van der Waals surface area contributed by atoms with Crippen LogP contribution in [0.1, 0.15) is 10.4 Å². The molecule has 1 N–H and O–H groups in total. The average Bonchev–Trinajstić information content (AvgIpc) is 2.31. The fourth-order valence-corrected chi connectivity index (χ4v) is 1.28. The molecule has 1 aromatic heterocycles. The Hall–Kier alpha value is -2.23. The average molecular weight is 200 g/mol. The fourth-order valence-electron chi connectivity index (χ4n) is 1.28. The third kappa shape index (κ3) is 1.83. The minimum absolute atomic E-state index is 0.0226. The standard InChI is InChI=1S/C11H8N2O2/c14-6-9-3-8(1-2-11(9)15)10-4-12-7-13-5-10/h1-7,15H. The quantitative estimate of drug-likeness (QED) is 0.749. The number of carbonyl (C=O) groups excluding carboxylic acids is 1. The van der Waals surface area contributed by atoms with E-state index in [9.17, 15) is 9.90 Å². The summed E-state index contributed by atoms with van der Waals surface area (Å²) in [4.78, 5) is 18.4. The highest BCUT2D eigenvalue weighted by molar-refractivity contribution is 5.82. The van der Waals surface area contributed by atoms with Crippen molar-refractivity contribution in [3.05, 3.63) is 42.5 Å². The molecular formula is C11H8N2O2. The van der Waals surface area contributed by atoms with Gasteiger partial charge in [0.25, 0.3) is 0 Å². The molecule has 4 nitrogen and oxygen atoms in total. The molecule has 0 radical (unpaired) electrons. The maximum absolute atomic E-state index is 10.6. The van der Waals surface area contributed by atoms with E-state index in [0.29, 0.717) is 6.29 Å². The van der Waals surface area contributed by atoms with Crippen molar-refractivity contribution in [1.82, 2.24) is 9.97 Å². The Bertz CT molecular complexity index is 483. The number of aldehydes is 1. The summed E-state index contributed by atoms with van der Waals surface area (Å²) >= 11 is 0. The van der Waals surface area contributed by atoms with E-state index in [4.69, 9.17) is 0 Å². The first kappa shape index (κ1) is 9.33. The monoisotopic (exact) mass is 200 g/mol. The topological polar surface area (TPSA) is 63.1 Å². The summed E-state index contributed by atoms with van der Waals surface area (Å²) in [5, 5.41) is 9.32. The van der Waals surface area contributed by atoms with Crippen molar-refractivity contribution in [3.8, 4) is 16.9 Å². The Balaban J connectivity index is 2.51. The number of hydrogen-bond donors (Lipinski definition) is 1. The van der Waals surface area contributed by atoms with Crippen molar-refractivity contribution in [2.24, 2.45) is 0 Å². The summed E-state index contributed by atoms with van der Waals surface area (Å²) in [6.45, 7) is 0. The van der Waals surface area contributed by atoms with Gasteiger partial charge in [-0.2, -0.15) is 0 Å². The first-order chi connectivity index (χ1) is 7.31. The minimum Gasteiger partial charge on any atom is -0.507 e. The van der Waals surface area contributed by atoms with Gasteiger partial charge in [-0.25, -0.2) is 9.97 Å². The van der Waals surface area contributed by atoms with Crippen LogP contribution in [0.25, 0.3) is 11.1 Å². The summed E-state index contributed by atoms with van der Waals surface area (Å²) in [6, 6.07) is 4.79. The normalized spacial score (nSPS) is 9.87. The van der Waals surface area contributed by atoms with Crippen LogP contribution >= 0.6 is 0 Å². The Morgan fingerprint density at radius 2 is 1.87 bits per heavy atom. The number of carbonyl (C=O) groups is 1. The smallest absolute Gasteiger partial charge is 0.153 e.